The first-order chi connectivity index (χ1) is 17.0. The number of hydrogen-bond acceptors (Lipinski definition) is 5. The van der Waals surface area contributed by atoms with Crippen LogP contribution in [0.2, 0.25) is 0 Å². The molecule has 2 aliphatic rings. The van der Waals surface area contributed by atoms with Crippen LogP contribution in [0.1, 0.15) is 35.0 Å². The minimum Gasteiger partial charge on any atom is -0.339 e. The number of fused-ring (bicyclic) bond motifs is 1. The van der Waals surface area contributed by atoms with Gasteiger partial charge >= 0.3 is 0 Å². The van der Waals surface area contributed by atoms with Crippen molar-refractivity contribution in [3.63, 3.8) is 0 Å². The summed E-state index contributed by atoms with van der Waals surface area (Å²) in [6.07, 6.45) is 7.82. The van der Waals surface area contributed by atoms with Crippen LogP contribution in [0.3, 0.4) is 0 Å². The van der Waals surface area contributed by atoms with Gasteiger partial charge in [0.15, 0.2) is 0 Å². The third kappa shape index (κ3) is 3.83. The van der Waals surface area contributed by atoms with E-state index in [1.807, 2.05) is 47.4 Å². The number of carbonyl (C=O) groups excluding carboxylic acids is 2. The van der Waals surface area contributed by atoms with E-state index in [1.165, 1.54) is 17.4 Å². The van der Waals surface area contributed by atoms with E-state index in [-0.39, 0.29) is 23.3 Å². The van der Waals surface area contributed by atoms with Crippen LogP contribution < -0.4 is 5.32 Å². The number of likely N-dealkylation sites (tertiary alicyclic amines) is 1. The topological polar surface area (TPSA) is 80.1 Å². The Balaban J connectivity index is 1.24. The van der Waals surface area contributed by atoms with Gasteiger partial charge in [0, 0.05) is 36.4 Å². The maximum atomic E-state index is 13.2. The molecule has 1 aliphatic carbocycles. The van der Waals surface area contributed by atoms with E-state index in [4.69, 9.17) is 4.98 Å². The minimum atomic E-state index is -0.162. The first-order valence-electron chi connectivity index (χ1n) is 11.8. The Bertz CT molecular complexity index is 1430. The molecule has 1 spiro atoms. The van der Waals surface area contributed by atoms with Gasteiger partial charge in [-0.2, -0.15) is 0 Å². The Morgan fingerprint density at radius 2 is 1.91 bits per heavy atom. The van der Waals surface area contributed by atoms with Gasteiger partial charge in [0.05, 0.1) is 15.9 Å². The first-order valence-corrected chi connectivity index (χ1v) is 12.6. The Morgan fingerprint density at radius 1 is 1.11 bits per heavy atom. The highest BCUT2D eigenvalue weighted by Gasteiger charge is 2.50. The zero-order valence-corrected chi connectivity index (χ0v) is 20.0. The number of nitrogens with zero attached hydrogens (tertiary/aromatic N) is 4. The van der Waals surface area contributed by atoms with Crippen LogP contribution in [-0.4, -0.2) is 44.3 Å². The zero-order chi connectivity index (χ0) is 24.0. The summed E-state index contributed by atoms with van der Waals surface area (Å²) >= 11 is 1.45. The molecule has 7 nitrogen and oxygen atoms in total. The second-order valence-corrected chi connectivity index (χ2v) is 10.5. The van der Waals surface area contributed by atoms with Crippen molar-refractivity contribution in [3.8, 4) is 10.4 Å². The van der Waals surface area contributed by atoms with Gasteiger partial charge in [-0.3, -0.25) is 19.9 Å². The molecule has 8 heteroatoms. The average Bonchev–Trinajstić information content (AvgIpc) is 3.60. The second kappa shape index (κ2) is 8.46. The highest BCUT2D eigenvalue weighted by atomic mass is 32.1. The molecule has 2 fully saturated rings. The van der Waals surface area contributed by atoms with Crippen LogP contribution >= 0.6 is 11.3 Å². The molecule has 3 aromatic heterocycles. The molecular weight excluding hydrogens is 458 g/mol. The standard InChI is InChI=1S/C27H25N5O2S/c1-2-24(33)31-14-11-27(17-31)15-19(16-27)32-21-6-4-3-5-20(21)29-26(32)30-25(34)23-8-7-22(35-23)18-9-12-28-13-10-18/h2-10,12-13,19H,1,11,14-17H2,(H,29,30,34)/t19-,27-. The van der Waals surface area contributed by atoms with Gasteiger partial charge in [0.1, 0.15) is 0 Å². The molecule has 176 valence electrons. The van der Waals surface area contributed by atoms with Crippen LogP contribution in [0, 0.1) is 5.41 Å². The van der Waals surface area contributed by atoms with E-state index >= 15 is 0 Å². The number of benzene rings is 1. The van der Waals surface area contributed by atoms with Crippen molar-refractivity contribution < 1.29 is 9.59 Å². The van der Waals surface area contributed by atoms with Gasteiger partial charge < -0.3 is 9.47 Å². The van der Waals surface area contributed by atoms with Crippen LogP contribution in [-0.2, 0) is 4.79 Å². The van der Waals surface area contributed by atoms with E-state index in [9.17, 15) is 9.59 Å². The summed E-state index contributed by atoms with van der Waals surface area (Å²) in [5.41, 5.74) is 3.06. The van der Waals surface area contributed by atoms with Crippen molar-refractivity contribution in [2.75, 3.05) is 18.4 Å². The summed E-state index contributed by atoms with van der Waals surface area (Å²) in [6.45, 7) is 5.18. The number of carbonyl (C=O) groups is 2. The number of imidazole rings is 1. The monoisotopic (exact) mass is 483 g/mol. The zero-order valence-electron chi connectivity index (χ0n) is 19.2. The third-order valence-electron chi connectivity index (χ3n) is 7.24. The maximum Gasteiger partial charge on any atom is 0.268 e. The van der Waals surface area contributed by atoms with Gasteiger partial charge in [0.2, 0.25) is 11.9 Å². The fourth-order valence-electron chi connectivity index (χ4n) is 5.50. The molecule has 4 aromatic rings. The summed E-state index contributed by atoms with van der Waals surface area (Å²) in [6, 6.07) is 15.9. The van der Waals surface area contributed by atoms with Crippen LogP contribution in [0.15, 0.2) is 73.6 Å². The summed E-state index contributed by atoms with van der Waals surface area (Å²) in [5.74, 6) is 0.421. The van der Waals surface area contributed by atoms with E-state index in [0.717, 1.165) is 53.8 Å². The normalized spacial score (nSPS) is 21.3. The third-order valence-corrected chi connectivity index (χ3v) is 8.38. The van der Waals surface area contributed by atoms with Crippen molar-refractivity contribution in [1.29, 1.82) is 0 Å². The number of thiophene rings is 1. The highest BCUT2D eigenvalue weighted by molar-refractivity contribution is 7.17. The largest absolute Gasteiger partial charge is 0.339 e. The van der Waals surface area contributed by atoms with Crippen LogP contribution in [0.25, 0.3) is 21.5 Å². The Labute approximate surface area is 207 Å². The SMILES string of the molecule is C=CC(=O)N1CC[C@]2(C1)C[C@H](n1c(NC(=O)c3ccc(-c4ccncc4)s3)nc3ccccc31)C2. The lowest BCUT2D eigenvalue weighted by molar-refractivity contribution is -0.125. The smallest absolute Gasteiger partial charge is 0.268 e. The molecule has 1 N–H and O–H groups in total. The predicted molar refractivity (Wildman–Crippen MR) is 137 cm³/mol. The average molecular weight is 484 g/mol. The molecule has 6 rings (SSSR count). The quantitative estimate of drug-likeness (QED) is 0.398. The lowest BCUT2D eigenvalue weighted by atomic mass is 9.65. The summed E-state index contributed by atoms with van der Waals surface area (Å²) in [4.78, 5) is 37.7. The summed E-state index contributed by atoms with van der Waals surface area (Å²) in [5, 5.41) is 3.08. The van der Waals surface area contributed by atoms with E-state index in [2.05, 4.69) is 27.5 Å². The molecule has 1 saturated heterocycles. The fraction of sp³-hybridized carbons (Fsp3) is 0.259. The Hall–Kier alpha value is -3.78. The van der Waals surface area contributed by atoms with Gasteiger partial charge in [-0.15, -0.1) is 11.3 Å². The van der Waals surface area contributed by atoms with E-state index in [1.54, 1.807) is 12.4 Å². The van der Waals surface area contributed by atoms with E-state index < -0.39 is 0 Å². The van der Waals surface area contributed by atoms with Crippen LogP contribution in [0.4, 0.5) is 5.95 Å². The van der Waals surface area contributed by atoms with Crippen molar-refractivity contribution in [2.24, 2.45) is 5.41 Å². The van der Waals surface area contributed by atoms with E-state index in [0.29, 0.717) is 10.8 Å². The van der Waals surface area contributed by atoms with Crippen LogP contribution in [0.5, 0.6) is 0 Å². The molecule has 0 radical (unpaired) electrons. The van der Waals surface area contributed by atoms with Gasteiger partial charge in [-0.1, -0.05) is 18.7 Å². The number of nitrogens with one attached hydrogen (secondary N) is 1. The molecule has 0 atom stereocenters. The second-order valence-electron chi connectivity index (χ2n) is 9.42. The highest BCUT2D eigenvalue weighted by Crippen LogP contribution is 2.55. The molecule has 1 saturated carbocycles. The number of amides is 2. The van der Waals surface area contributed by atoms with Crippen molar-refractivity contribution in [3.05, 3.63) is 78.5 Å². The molecule has 2 amide bonds. The predicted octanol–water partition coefficient (Wildman–Crippen LogP) is 5.15. The Kier molecular flexibility index (Phi) is 5.25. The lowest BCUT2D eigenvalue weighted by Crippen LogP contribution is -2.42. The molecule has 0 unspecified atom stereocenters. The first kappa shape index (κ1) is 21.7. The van der Waals surface area contributed by atoms with Crippen molar-refractivity contribution in [2.45, 2.75) is 25.3 Å². The summed E-state index contributed by atoms with van der Waals surface area (Å²) in [7, 11) is 0. The molecule has 1 aliphatic heterocycles. The lowest BCUT2D eigenvalue weighted by Gasteiger charge is -2.46. The molecular formula is C27H25N5O2S. The number of rotatable bonds is 5. The maximum absolute atomic E-state index is 13.2. The molecule has 35 heavy (non-hydrogen) atoms. The molecule has 4 heterocycles. The van der Waals surface area contributed by atoms with Gasteiger partial charge in [0.25, 0.3) is 5.91 Å². The number of hydrogen-bond donors (Lipinski definition) is 1. The number of pyridine rings is 1. The number of para-hydroxylation sites is 2. The summed E-state index contributed by atoms with van der Waals surface area (Å²) < 4.78 is 2.17. The number of aromatic nitrogens is 3. The van der Waals surface area contributed by atoms with Gasteiger partial charge in [-0.05, 0) is 72.7 Å². The minimum absolute atomic E-state index is 0.00782. The van der Waals surface area contributed by atoms with Crippen molar-refractivity contribution >= 4 is 40.1 Å². The Morgan fingerprint density at radius 3 is 2.71 bits per heavy atom. The fourth-order valence-corrected chi connectivity index (χ4v) is 6.41. The number of anilines is 1. The van der Waals surface area contributed by atoms with Crippen molar-refractivity contribution in [1.82, 2.24) is 19.4 Å². The molecule has 0 bridgehead atoms. The van der Waals surface area contributed by atoms with Gasteiger partial charge in [-0.25, -0.2) is 4.98 Å². The molecule has 1 aromatic carbocycles.